The maximum atomic E-state index is 10.7. The summed E-state index contributed by atoms with van der Waals surface area (Å²) in [6.07, 6.45) is 6.00. The van der Waals surface area contributed by atoms with Gasteiger partial charge in [0.2, 0.25) is 5.82 Å². The Balaban J connectivity index is 2.10. The number of hydrogen-bond donors (Lipinski definition) is 2. The number of pyridine rings is 1. The van der Waals surface area contributed by atoms with Gasteiger partial charge in [-0.3, -0.25) is 10.1 Å². The summed E-state index contributed by atoms with van der Waals surface area (Å²) in [7, 11) is 0. The third-order valence-corrected chi connectivity index (χ3v) is 3.87. The minimum Gasteiger partial charge on any atom is -0.378 e. The Morgan fingerprint density at radius 3 is 2.84 bits per heavy atom. The minimum absolute atomic E-state index is 0.0288. The second-order valence-electron chi connectivity index (χ2n) is 5.06. The first-order chi connectivity index (χ1) is 9.11. The molecule has 0 radical (unpaired) electrons. The van der Waals surface area contributed by atoms with Crippen molar-refractivity contribution in [1.29, 1.82) is 0 Å². The lowest BCUT2D eigenvalue weighted by molar-refractivity contribution is -0.384. The van der Waals surface area contributed by atoms with Gasteiger partial charge in [-0.15, -0.1) is 0 Å². The molecule has 1 aliphatic carbocycles. The van der Waals surface area contributed by atoms with Gasteiger partial charge in [0, 0.05) is 12.1 Å². The van der Waals surface area contributed by atoms with E-state index in [0.29, 0.717) is 17.8 Å². The van der Waals surface area contributed by atoms with Gasteiger partial charge < -0.3 is 11.1 Å². The van der Waals surface area contributed by atoms with Crippen LogP contribution in [0, 0.1) is 16.0 Å². The highest BCUT2D eigenvalue weighted by Crippen LogP contribution is 2.30. The average Bonchev–Trinajstić information content (AvgIpc) is 2.39. The molecule has 0 spiro atoms. The van der Waals surface area contributed by atoms with Crippen LogP contribution < -0.4 is 11.1 Å². The molecule has 1 heterocycles. The highest BCUT2D eigenvalue weighted by Gasteiger charge is 2.24. The van der Waals surface area contributed by atoms with E-state index >= 15 is 0 Å². The summed E-state index contributed by atoms with van der Waals surface area (Å²) in [5.41, 5.74) is 5.46. The first-order valence-corrected chi connectivity index (χ1v) is 6.79. The van der Waals surface area contributed by atoms with E-state index in [4.69, 9.17) is 5.73 Å². The van der Waals surface area contributed by atoms with Gasteiger partial charge in [0.15, 0.2) is 0 Å². The van der Waals surface area contributed by atoms with Crippen molar-refractivity contribution in [3.05, 3.63) is 22.2 Å². The second-order valence-corrected chi connectivity index (χ2v) is 5.06. The number of rotatable bonds is 4. The van der Waals surface area contributed by atoms with Crippen molar-refractivity contribution in [3.63, 3.8) is 0 Å². The van der Waals surface area contributed by atoms with Crippen molar-refractivity contribution in [3.8, 4) is 0 Å². The number of anilines is 2. The summed E-state index contributed by atoms with van der Waals surface area (Å²) in [4.78, 5) is 14.3. The summed E-state index contributed by atoms with van der Waals surface area (Å²) in [5, 5.41) is 14.1. The molecular weight excluding hydrogens is 244 g/mol. The fourth-order valence-electron chi connectivity index (χ4n) is 2.78. The van der Waals surface area contributed by atoms with Crippen LogP contribution in [0.25, 0.3) is 0 Å². The first-order valence-electron chi connectivity index (χ1n) is 6.79. The molecule has 2 unspecified atom stereocenters. The van der Waals surface area contributed by atoms with Gasteiger partial charge in [-0.2, -0.15) is 0 Å². The Morgan fingerprint density at radius 1 is 1.47 bits per heavy atom. The maximum Gasteiger partial charge on any atom is 0.311 e. The highest BCUT2D eigenvalue weighted by molar-refractivity contribution is 5.57. The van der Waals surface area contributed by atoms with Crippen LogP contribution in [0.2, 0.25) is 0 Å². The van der Waals surface area contributed by atoms with E-state index in [9.17, 15) is 10.1 Å². The normalized spacial score (nSPS) is 23.0. The van der Waals surface area contributed by atoms with Crippen LogP contribution >= 0.6 is 0 Å². The van der Waals surface area contributed by atoms with Crippen molar-refractivity contribution in [1.82, 2.24) is 4.98 Å². The van der Waals surface area contributed by atoms with E-state index in [-0.39, 0.29) is 11.5 Å². The molecule has 1 aromatic heterocycles. The molecule has 6 heteroatoms. The summed E-state index contributed by atoms with van der Waals surface area (Å²) in [5.74, 6) is 1.25. The van der Waals surface area contributed by atoms with Crippen LogP contribution in [0.1, 0.15) is 39.0 Å². The van der Waals surface area contributed by atoms with E-state index in [0.717, 1.165) is 12.8 Å². The third-order valence-electron chi connectivity index (χ3n) is 3.87. The smallest absolute Gasteiger partial charge is 0.311 e. The van der Waals surface area contributed by atoms with Gasteiger partial charge in [-0.1, -0.05) is 26.2 Å². The lowest BCUT2D eigenvalue weighted by atomic mass is 9.83. The number of nitro groups is 1. The number of hydrogen-bond acceptors (Lipinski definition) is 5. The molecule has 0 bridgehead atoms. The molecule has 0 aromatic carbocycles. The van der Waals surface area contributed by atoms with Gasteiger partial charge in [0.05, 0.1) is 4.92 Å². The number of nitrogen functional groups attached to an aromatic ring is 1. The Morgan fingerprint density at radius 2 is 2.21 bits per heavy atom. The summed E-state index contributed by atoms with van der Waals surface area (Å²) in [6.45, 7) is 2.20. The quantitative estimate of drug-likeness (QED) is 0.644. The van der Waals surface area contributed by atoms with E-state index in [2.05, 4.69) is 17.2 Å². The van der Waals surface area contributed by atoms with Crippen molar-refractivity contribution >= 4 is 17.3 Å². The third kappa shape index (κ3) is 3.13. The lowest BCUT2D eigenvalue weighted by Gasteiger charge is -2.31. The zero-order valence-corrected chi connectivity index (χ0v) is 11.1. The summed E-state index contributed by atoms with van der Waals surface area (Å²) < 4.78 is 0. The minimum atomic E-state index is -0.512. The Labute approximate surface area is 112 Å². The van der Waals surface area contributed by atoms with E-state index in [1.54, 1.807) is 6.07 Å². The Kier molecular flexibility index (Phi) is 4.19. The molecule has 0 saturated heterocycles. The van der Waals surface area contributed by atoms with Gasteiger partial charge in [-0.25, -0.2) is 4.98 Å². The number of nitrogens with one attached hydrogen (secondary N) is 1. The van der Waals surface area contributed by atoms with Crippen LogP contribution in [-0.2, 0) is 0 Å². The number of nitrogens with zero attached hydrogens (tertiary/aromatic N) is 2. The summed E-state index contributed by atoms with van der Waals surface area (Å²) in [6, 6.07) is 3.44. The van der Waals surface area contributed by atoms with Crippen LogP contribution in [0.4, 0.5) is 17.3 Å². The number of aromatic nitrogens is 1. The topological polar surface area (TPSA) is 94.1 Å². The van der Waals surface area contributed by atoms with Crippen molar-refractivity contribution in [2.75, 3.05) is 11.1 Å². The predicted molar refractivity (Wildman–Crippen MR) is 75.0 cm³/mol. The van der Waals surface area contributed by atoms with E-state index in [1.165, 1.54) is 25.3 Å². The molecule has 2 rings (SSSR count). The van der Waals surface area contributed by atoms with Crippen LogP contribution in [0.3, 0.4) is 0 Å². The molecule has 3 N–H and O–H groups in total. The van der Waals surface area contributed by atoms with E-state index < -0.39 is 4.92 Å². The maximum absolute atomic E-state index is 10.7. The van der Waals surface area contributed by atoms with Gasteiger partial charge in [-0.05, 0) is 24.8 Å². The fourth-order valence-corrected chi connectivity index (χ4v) is 2.78. The van der Waals surface area contributed by atoms with Crippen molar-refractivity contribution in [2.45, 2.75) is 45.1 Å². The molecule has 1 aromatic rings. The Bertz CT molecular complexity index is 464. The van der Waals surface area contributed by atoms with Crippen LogP contribution in [0.5, 0.6) is 0 Å². The van der Waals surface area contributed by atoms with Crippen LogP contribution in [0.15, 0.2) is 12.1 Å². The standard InChI is InChI=1S/C13H20N4O2/c1-2-9-5-3-4-6-10(9)15-12-8-7-11(17(18)19)13(14)16-12/h7-10H,2-6H2,1H3,(H3,14,15,16). The van der Waals surface area contributed by atoms with Gasteiger partial charge in [0.25, 0.3) is 0 Å². The molecular formula is C13H20N4O2. The average molecular weight is 264 g/mol. The van der Waals surface area contributed by atoms with Gasteiger partial charge >= 0.3 is 5.69 Å². The zero-order chi connectivity index (χ0) is 13.8. The fraction of sp³-hybridized carbons (Fsp3) is 0.615. The predicted octanol–water partition coefficient (Wildman–Crippen LogP) is 2.95. The molecule has 2 atom stereocenters. The molecule has 0 amide bonds. The lowest BCUT2D eigenvalue weighted by Crippen LogP contribution is -2.32. The van der Waals surface area contributed by atoms with Crippen molar-refractivity contribution in [2.24, 2.45) is 5.92 Å². The SMILES string of the molecule is CCC1CCCCC1Nc1ccc([N+](=O)[O-])c(N)n1. The zero-order valence-electron chi connectivity index (χ0n) is 11.1. The molecule has 104 valence electrons. The molecule has 19 heavy (non-hydrogen) atoms. The largest absolute Gasteiger partial charge is 0.378 e. The van der Waals surface area contributed by atoms with Gasteiger partial charge in [0.1, 0.15) is 5.82 Å². The molecule has 6 nitrogen and oxygen atoms in total. The second kappa shape index (κ2) is 5.86. The first kappa shape index (κ1) is 13.6. The highest BCUT2D eigenvalue weighted by atomic mass is 16.6. The molecule has 1 saturated carbocycles. The van der Waals surface area contributed by atoms with E-state index in [1.807, 2.05) is 0 Å². The molecule has 1 fully saturated rings. The molecule has 0 aliphatic heterocycles. The Hall–Kier alpha value is -1.85. The van der Waals surface area contributed by atoms with Crippen LogP contribution in [-0.4, -0.2) is 15.9 Å². The summed E-state index contributed by atoms with van der Waals surface area (Å²) >= 11 is 0. The molecule has 1 aliphatic rings. The monoisotopic (exact) mass is 264 g/mol. The van der Waals surface area contributed by atoms with Crippen molar-refractivity contribution < 1.29 is 4.92 Å². The number of nitrogens with two attached hydrogens (primary N) is 1.